The van der Waals surface area contributed by atoms with E-state index in [-0.39, 0.29) is 5.56 Å². The lowest BCUT2D eigenvalue weighted by atomic mass is 10.1. The Bertz CT molecular complexity index is 579. The molecule has 1 aromatic carbocycles. The number of ether oxygens (including phenoxy) is 1. The standard InChI is InChI=1S/C13H17FO4S/c1-4-5-6-9-7-8-10(13(15)18-2)11(14)12(9)19(3,16)17/h7-8H,4-6H2,1-3H3. The fourth-order valence-corrected chi connectivity index (χ4v) is 2.91. The number of halogens is 1. The van der Waals surface area contributed by atoms with E-state index in [1.54, 1.807) is 0 Å². The van der Waals surface area contributed by atoms with Crippen LogP contribution in [-0.2, 0) is 21.0 Å². The van der Waals surface area contributed by atoms with Gasteiger partial charge in [0.15, 0.2) is 15.7 Å². The van der Waals surface area contributed by atoms with Crippen LogP contribution in [0.2, 0.25) is 0 Å². The Morgan fingerprint density at radius 2 is 2.00 bits per heavy atom. The minimum absolute atomic E-state index is 0.358. The first kappa shape index (κ1) is 15.6. The molecule has 0 aliphatic rings. The molecule has 0 heterocycles. The van der Waals surface area contributed by atoms with Crippen molar-refractivity contribution >= 4 is 15.8 Å². The SMILES string of the molecule is CCCCc1ccc(C(=O)OC)c(F)c1S(C)(=O)=O. The summed E-state index contributed by atoms with van der Waals surface area (Å²) in [6, 6.07) is 2.74. The Morgan fingerprint density at radius 1 is 1.37 bits per heavy atom. The number of carbonyl (C=O) groups excluding carboxylic acids is 1. The highest BCUT2D eigenvalue weighted by Gasteiger charge is 2.24. The van der Waals surface area contributed by atoms with Crippen LogP contribution in [0.25, 0.3) is 0 Å². The molecule has 0 radical (unpaired) electrons. The second-order valence-corrected chi connectivity index (χ2v) is 6.24. The molecule has 106 valence electrons. The third kappa shape index (κ3) is 3.53. The number of carbonyl (C=O) groups is 1. The molecule has 0 aromatic heterocycles. The number of benzene rings is 1. The van der Waals surface area contributed by atoms with Crippen LogP contribution in [-0.4, -0.2) is 27.8 Å². The molecule has 0 amide bonds. The van der Waals surface area contributed by atoms with Gasteiger partial charge in [0.1, 0.15) is 4.90 Å². The van der Waals surface area contributed by atoms with E-state index in [0.717, 1.165) is 26.2 Å². The second kappa shape index (κ2) is 6.14. The van der Waals surface area contributed by atoms with Gasteiger partial charge in [0, 0.05) is 6.26 Å². The molecule has 19 heavy (non-hydrogen) atoms. The molecule has 4 nitrogen and oxygen atoms in total. The van der Waals surface area contributed by atoms with Gasteiger partial charge in [0.2, 0.25) is 0 Å². The van der Waals surface area contributed by atoms with Gasteiger partial charge in [-0.25, -0.2) is 17.6 Å². The molecule has 0 spiro atoms. The summed E-state index contributed by atoms with van der Waals surface area (Å²) in [6.45, 7) is 1.96. The fraction of sp³-hybridized carbons (Fsp3) is 0.462. The summed E-state index contributed by atoms with van der Waals surface area (Å²) in [5, 5.41) is 0. The Morgan fingerprint density at radius 3 is 2.47 bits per heavy atom. The van der Waals surface area contributed by atoms with E-state index in [0.29, 0.717) is 12.0 Å². The van der Waals surface area contributed by atoms with Crippen LogP contribution >= 0.6 is 0 Å². The third-order valence-corrected chi connectivity index (χ3v) is 3.94. The monoisotopic (exact) mass is 288 g/mol. The Labute approximate surface area is 112 Å². The van der Waals surface area contributed by atoms with Gasteiger partial charge in [-0.3, -0.25) is 0 Å². The molecule has 0 N–H and O–H groups in total. The quantitative estimate of drug-likeness (QED) is 0.780. The Balaban J connectivity index is 3.45. The molecular formula is C13H17FO4S. The average Bonchev–Trinajstić information content (AvgIpc) is 2.33. The Hall–Kier alpha value is -1.43. The van der Waals surface area contributed by atoms with Gasteiger partial charge in [0.05, 0.1) is 12.7 Å². The lowest BCUT2D eigenvalue weighted by Gasteiger charge is -2.11. The van der Waals surface area contributed by atoms with Crippen LogP contribution in [0.5, 0.6) is 0 Å². The number of aryl methyl sites for hydroxylation is 1. The van der Waals surface area contributed by atoms with Crippen LogP contribution in [0, 0.1) is 5.82 Å². The lowest BCUT2D eigenvalue weighted by molar-refractivity contribution is 0.0594. The molecule has 0 aliphatic heterocycles. The maximum absolute atomic E-state index is 14.2. The van der Waals surface area contributed by atoms with Crippen LogP contribution in [0.1, 0.15) is 35.7 Å². The lowest BCUT2D eigenvalue weighted by Crippen LogP contribution is -2.12. The van der Waals surface area contributed by atoms with Crippen molar-refractivity contribution in [3.05, 3.63) is 29.1 Å². The predicted octanol–water partition coefficient (Wildman–Crippen LogP) is 2.36. The highest BCUT2D eigenvalue weighted by atomic mass is 32.2. The summed E-state index contributed by atoms with van der Waals surface area (Å²) in [5.74, 6) is -1.91. The van der Waals surface area contributed by atoms with E-state index in [9.17, 15) is 17.6 Å². The van der Waals surface area contributed by atoms with Crippen molar-refractivity contribution in [1.82, 2.24) is 0 Å². The zero-order chi connectivity index (χ0) is 14.6. The molecule has 0 unspecified atom stereocenters. The molecule has 0 saturated heterocycles. The summed E-state index contributed by atoms with van der Waals surface area (Å²) in [6.07, 6.45) is 3.00. The van der Waals surface area contributed by atoms with Crippen molar-refractivity contribution in [2.75, 3.05) is 13.4 Å². The molecule has 0 saturated carbocycles. The number of esters is 1. The topological polar surface area (TPSA) is 60.4 Å². The summed E-state index contributed by atoms with van der Waals surface area (Å²) in [4.78, 5) is 11.0. The van der Waals surface area contributed by atoms with Crippen molar-refractivity contribution in [3.8, 4) is 0 Å². The van der Waals surface area contributed by atoms with Crippen LogP contribution in [0.4, 0.5) is 4.39 Å². The van der Waals surface area contributed by atoms with Crippen molar-refractivity contribution in [3.63, 3.8) is 0 Å². The van der Waals surface area contributed by atoms with Gasteiger partial charge in [-0.15, -0.1) is 0 Å². The smallest absolute Gasteiger partial charge is 0.340 e. The summed E-state index contributed by atoms with van der Waals surface area (Å²) in [7, 11) is -2.62. The van der Waals surface area contributed by atoms with E-state index in [4.69, 9.17) is 0 Å². The van der Waals surface area contributed by atoms with Crippen molar-refractivity contribution in [2.24, 2.45) is 0 Å². The minimum atomic E-state index is -3.74. The molecular weight excluding hydrogens is 271 g/mol. The molecule has 0 aliphatic carbocycles. The van der Waals surface area contributed by atoms with Crippen molar-refractivity contribution in [1.29, 1.82) is 0 Å². The summed E-state index contributed by atoms with van der Waals surface area (Å²) >= 11 is 0. The van der Waals surface area contributed by atoms with E-state index < -0.39 is 26.5 Å². The number of hydrogen-bond donors (Lipinski definition) is 0. The normalized spacial score (nSPS) is 11.4. The van der Waals surface area contributed by atoms with Crippen LogP contribution in [0.3, 0.4) is 0 Å². The number of rotatable bonds is 5. The zero-order valence-electron chi connectivity index (χ0n) is 11.2. The van der Waals surface area contributed by atoms with Gasteiger partial charge >= 0.3 is 5.97 Å². The number of methoxy groups -OCH3 is 1. The maximum atomic E-state index is 14.2. The molecule has 6 heteroatoms. The Kier molecular flexibility index (Phi) is 5.05. The van der Waals surface area contributed by atoms with E-state index >= 15 is 0 Å². The average molecular weight is 288 g/mol. The first-order valence-corrected chi connectivity index (χ1v) is 7.81. The zero-order valence-corrected chi connectivity index (χ0v) is 12.0. The minimum Gasteiger partial charge on any atom is -0.465 e. The van der Waals surface area contributed by atoms with E-state index in [1.807, 2.05) is 6.92 Å². The first-order chi connectivity index (χ1) is 8.82. The summed E-state index contributed by atoms with van der Waals surface area (Å²) in [5.41, 5.74) is 0.0395. The van der Waals surface area contributed by atoms with Gasteiger partial charge in [-0.1, -0.05) is 19.4 Å². The van der Waals surface area contributed by atoms with Gasteiger partial charge in [-0.05, 0) is 24.5 Å². The maximum Gasteiger partial charge on any atom is 0.340 e. The second-order valence-electron chi connectivity index (χ2n) is 4.28. The largest absolute Gasteiger partial charge is 0.465 e. The van der Waals surface area contributed by atoms with E-state index in [1.165, 1.54) is 12.1 Å². The highest BCUT2D eigenvalue weighted by molar-refractivity contribution is 7.90. The van der Waals surface area contributed by atoms with Gasteiger partial charge in [-0.2, -0.15) is 0 Å². The molecule has 1 aromatic rings. The van der Waals surface area contributed by atoms with Crippen LogP contribution < -0.4 is 0 Å². The van der Waals surface area contributed by atoms with Crippen LogP contribution in [0.15, 0.2) is 17.0 Å². The van der Waals surface area contributed by atoms with Crippen molar-refractivity contribution < 1.29 is 22.3 Å². The molecule has 0 bridgehead atoms. The van der Waals surface area contributed by atoms with Crippen molar-refractivity contribution in [2.45, 2.75) is 31.1 Å². The number of hydrogen-bond acceptors (Lipinski definition) is 4. The van der Waals surface area contributed by atoms with Gasteiger partial charge in [0.25, 0.3) is 0 Å². The summed E-state index contributed by atoms with van der Waals surface area (Å²) < 4.78 is 42.1. The van der Waals surface area contributed by atoms with E-state index in [2.05, 4.69) is 4.74 Å². The molecule has 0 atom stereocenters. The first-order valence-electron chi connectivity index (χ1n) is 5.92. The molecule has 1 rings (SSSR count). The predicted molar refractivity (Wildman–Crippen MR) is 69.5 cm³/mol. The highest BCUT2D eigenvalue weighted by Crippen LogP contribution is 2.25. The third-order valence-electron chi connectivity index (χ3n) is 2.75. The van der Waals surface area contributed by atoms with Gasteiger partial charge < -0.3 is 4.74 Å². The number of sulfone groups is 1. The molecule has 0 fully saturated rings. The fourth-order valence-electron chi connectivity index (χ4n) is 1.83. The number of unbranched alkanes of at least 4 members (excludes halogenated alkanes) is 1.